The van der Waals surface area contributed by atoms with Gasteiger partial charge < -0.3 is 19.5 Å². The number of aryl methyl sites for hydroxylation is 2. The molecular weight excluding hydrogens is 366 g/mol. The third kappa shape index (κ3) is 4.23. The Morgan fingerprint density at radius 2 is 2.07 bits per heavy atom. The van der Waals surface area contributed by atoms with Gasteiger partial charge in [-0.15, -0.1) is 10.2 Å². The number of urea groups is 1. The second kappa shape index (κ2) is 8.84. The molecule has 0 aliphatic carbocycles. The summed E-state index contributed by atoms with van der Waals surface area (Å²) in [7, 11) is 0. The molecular formula is C22H31N5O2. The van der Waals surface area contributed by atoms with Crippen molar-refractivity contribution in [2.45, 2.75) is 71.5 Å². The Morgan fingerprint density at radius 3 is 2.93 bits per heavy atom. The van der Waals surface area contributed by atoms with Gasteiger partial charge in [-0.05, 0) is 57.6 Å². The fourth-order valence-corrected chi connectivity index (χ4v) is 4.39. The van der Waals surface area contributed by atoms with E-state index in [1.54, 1.807) is 0 Å². The van der Waals surface area contributed by atoms with Crippen LogP contribution in [0.25, 0.3) is 0 Å². The first kappa shape index (κ1) is 19.7. The van der Waals surface area contributed by atoms with Crippen molar-refractivity contribution in [3.8, 4) is 5.75 Å². The van der Waals surface area contributed by atoms with E-state index in [0.29, 0.717) is 13.2 Å². The van der Waals surface area contributed by atoms with Gasteiger partial charge in [0.15, 0.2) is 5.82 Å². The first-order valence-electron chi connectivity index (χ1n) is 10.9. The Balaban J connectivity index is 1.48. The Kier molecular flexibility index (Phi) is 6.02. The van der Waals surface area contributed by atoms with Crippen molar-refractivity contribution < 1.29 is 9.53 Å². The molecule has 2 amide bonds. The smallest absolute Gasteiger partial charge is 0.318 e. The van der Waals surface area contributed by atoms with Gasteiger partial charge in [-0.1, -0.05) is 12.1 Å². The predicted octanol–water partition coefficient (Wildman–Crippen LogP) is 3.76. The van der Waals surface area contributed by atoms with E-state index in [2.05, 4.69) is 26.1 Å². The molecule has 0 bridgehead atoms. The first-order valence-corrected chi connectivity index (χ1v) is 10.9. The zero-order valence-corrected chi connectivity index (χ0v) is 17.5. The molecule has 2 aromatic rings. The number of piperidine rings is 1. The maximum Gasteiger partial charge on any atom is 0.318 e. The summed E-state index contributed by atoms with van der Waals surface area (Å²) >= 11 is 0. The molecule has 1 fully saturated rings. The molecule has 7 heteroatoms. The van der Waals surface area contributed by atoms with E-state index < -0.39 is 0 Å². The zero-order valence-electron chi connectivity index (χ0n) is 17.5. The number of amides is 2. The van der Waals surface area contributed by atoms with Gasteiger partial charge in [0.05, 0.1) is 12.6 Å². The minimum atomic E-state index is -0.0362. The molecule has 1 unspecified atom stereocenters. The maximum absolute atomic E-state index is 13.1. The van der Waals surface area contributed by atoms with Crippen LogP contribution in [-0.4, -0.2) is 38.8 Å². The number of carbonyl (C=O) groups excluding carboxylic acids is 1. The number of fused-ring (bicyclic) bond motifs is 1. The lowest BCUT2D eigenvalue weighted by Crippen LogP contribution is -2.45. The third-order valence-electron chi connectivity index (χ3n) is 5.90. The van der Waals surface area contributed by atoms with E-state index in [1.807, 2.05) is 30.9 Å². The lowest BCUT2D eigenvalue weighted by atomic mass is 10.0. The van der Waals surface area contributed by atoms with Crippen LogP contribution in [0.1, 0.15) is 67.8 Å². The fraction of sp³-hybridized carbons (Fsp3) is 0.591. The Hall–Kier alpha value is -2.57. The molecule has 7 nitrogen and oxygen atoms in total. The van der Waals surface area contributed by atoms with Crippen LogP contribution >= 0.6 is 0 Å². The number of nitrogens with zero attached hydrogens (tertiary/aromatic N) is 4. The van der Waals surface area contributed by atoms with Crippen molar-refractivity contribution in [2.75, 3.05) is 13.2 Å². The molecule has 1 N–H and O–H groups in total. The minimum absolute atomic E-state index is 0.00693. The van der Waals surface area contributed by atoms with E-state index in [-0.39, 0.29) is 12.1 Å². The van der Waals surface area contributed by atoms with Gasteiger partial charge in [-0.3, -0.25) is 0 Å². The van der Waals surface area contributed by atoms with Crippen LogP contribution in [0, 0.1) is 6.92 Å². The molecule has 4 rings (SSSR count). The highest BCUT2D eigenvalue weighted by Crippen LogP contribution is 2.31. The summed E-state index contributed by atoms with van der Waals surface area (Å²) in [5, 5.41) is 12.0. The Bertz CT molecular complexity index is 863. The second-order valence-electron chi connectivity index (χ2n) is 7.99. The lowest BCUT2D eigenvalue weighted by molar-refractivity contribution is 0.144. The molecule has 3 heterocycles. The van der Waals surface area contributed by atoms with Crippen LogP contribution in [0.3, 0.4) is 0 Å². The molecule has 1 saturated heterocycles. The molecule has 1 aromatic carbocycles. The van der Waals surface area contributed by atoms with Gasteiger partial charge in [0.1, 0.15) is 11.6 Å². The van der Waals surface area contributed by atoms with Crippen LogP contribution in [0.5, 0.6) is 5.75 Å². The Morgan fingerprint density at radius 1 is 1.21 bits per heavy atom. The van der Waals surface area contributed by atoms with Gasteiger partial charge in [0, 0.05) is 31.6 Å². The van der Waals surface area contributed by atoms with Gasteiger partial charge in [0.25, 0.3) is 0 Å². The van der Waals surface area contributed by atoms with Crippen LogP contribution in [0.4, 0.5) is 4.79 Å². The van der Waals surface area contributed by atoms with Gasteiger partial charge in [-0.25, -0.2) is 4.79 Å². The van der Waals surface area contributed by atoms with Crippen LogP contribution < -0.4 is 10.1 Å². The highest BCUT2D eigenvalue weighted by atomic mass is 16.5. The summed E-state index contributed by atoms with van der Waals surface area (Å²) in [4.78, 5) is 15.0. The normalized spacial score (nSPS) is 19.0. The quantitative estimate of drug-likeness (QED) is 0.834. The topological polar surface area (TPSA) is 72.3 Å². The molecule has 0 spiro atoms. The highest BCUT2D eigenvalue weighted by Gasteiger charge is 2.33. The van der Waals surface area contributed by atoms with Gasteiger partial charge >= 0.3 is 6.03 Å². The Labute approximate surface area is 172 Å². The number of carbonyl (C=O) groups is 1. The number of likely N-dealkylation sites (tertiary alicyclic amines) is 1. The van der Waals surface area contributed by atoms with Gasteiger partial charge in [0.2, 0.25) is 0 Å². The monoisotopic (exact) mass is 397 g/mol. The summed E-state index contributed by atoms with van der Waals surface area (Å²) in [5.74, 6) is 2.87. The molecule has 2 aliphatic rings. The number of rotatable bonds is 5. The lowest BCUT2D eigenvalue weighted by Gasteiger charge is -2.35. The average molecular weight is 398 g/mol. The van der Waals surface area contributed by atoms with Crippen LogP contribution in [-0.2, 0) is 19.5 Å². The number of hydrogen-bond acceptors (Lipinski definition) is 4. The molecule has 2 aliphatic heterocycles. The molecule has 0 saturated carbocycles. The van der Waals surface area contributed by atoms with E-state index in [9.17, 15) is 4.79 Å². The van der Waals surface area contributed by atoms with Crippen molar-refractivity contribution in [3.05, 3.63) is 41.0 Å². The summed E-state index contributed by atoms with van der Waals surface area (Å²) in [6.45, 7) is 6.80. The average Bonchev–Trinajstić information content (AvgIpc) is 3.17. The molecule has 0 radical (unpaired) electrons. The minimum Gasteiger partial charge on any atom is -0.494 e. The fourth-order valence-electron chi connectivity index (χ4n) is 4.39. The number of nitrogens with one attached hydrogen (secondary N) is 1. The van der Waals surface area contributed by atoms with Crippen molar-refractivity contribution >= 4 is 6.03 Å². The van der Waals surface area contributed by atoms with Crippen molar-refractivity contribution in [1.29, 1.82) is 0 Å². The first-order chi connectivity index (χ1) is 14.2. The summed E-state index contributed by atoms with van der Waals surface area (Å²) < 4.78 is 7.99. The second-order valence-corrected chi connectivity index (χ2v) is 7.99. The number of aromatic nitrogens is 3. The summed E-state index contributed by atoms with van der Waals surface area (Å²) in [5.41, 5.74) is 2.15. The number of benzene rings is 1. The maximum atomic E-state index is 13.1. The van der Waals surface area contributed by atoms with E-state index >= 15 is 0 Å². The highest BCUT2D eigenvalue weighted by molar-refractivity contribution is 5.75. The standard InChI is InChI=1S/C22H31N5O2/c1-3-29-19-14-16(2)10-11-17(19)15-23-22(28)26-12-6-4-8-18(26)21-25-24-20-9-5-7-13-27(20)21/h10-11,14,18H,3-9,12-13,15H2,1-2H3,(H,23,28). The molecule has 1 atom stereocenters. The van der Waals surface area contributed by atoms with E-state index in [1.165, 1.54) is 6.42 Å². The van der Waals surface area contributed by atoms with E-state index in [0.717, 1.165) is 73.7 Å². The number of ether oxygens (including phenoxy) is 1. The zero-order chi connectivity index (χ0) is 20.2. The van der Waals surface area contributed by atoms with Crippen LogP contribution in [0.15, 0.2) is 18.2 Å². The van der Waals surface area contributed by atoms with E-state index in [4.69, 9.17) is 4.74 Å². The van der Waals surface area contributed by atoms with Gasteiger partial charge in [-0.2, -0.15) is 0 Å². The van der Waals surface area contributed by atoms with Crippen molar-refractivity contribution in [2.24, 2.45) is 0 Å². The summed E-state index contributed by atoms with van der Waals surface area (Å²) in [6, 6.07) is 6.08. The third-order valence-corrected chi connectivity index (χ3v) is 5.90. The predicted molar refractivity (Wildman–Crippen MR) is 111 cm³/mol. The van der Waals surface area contributed by atoms with Crippen LogP contribution in [0.2, 0.25) is 0 Å². The van der Waals surface area contributed by atoms with Crippen molar-refractivity contribution in [1.82, 2.24) is 25.0 Å². The van der Waals surface area contributed by atoms with Crippen molar-refractivity contribution in [3.63, 3.8) is 0 Å². The summed E-state index contributed by atoms with van der Waals surface area (Å²) in [6.07, 6.45) is 6.40. The number of hydrogen-bond donors (Lipinski definition) is 1. The molecule has 1 aromatic heterocycles. The molecule has 156 valence electrons. The SMILES string of the molecule is CCOc1cc(C)ccc1CNC(=O)N1CCCCC1c1nnc2n1CCCC2. The molecule has 29 heavy (non-hydrogen) atoms. The largest absolute Gasteiger partial charge is 0.494 e.